The van der Waals surface area contributed by atoms with Crippen LogP contribution in [0.1, 0.15) is 40.5 Å². The van der Waals surface area contributed by atoms with Gasteiger partial charge in [0, 0.05) is 19.1 Å². The average molecular weight is 339 g/mol. The molecule has 0 aromatic rings. The van der Waals surface area contributed by atoms with Gasteiger partial charge in [0.1, 0.15) is 0 Å². The molecule has 0 fully saturated rings. The lowest BCUT2D eigenvalue weighted by molar-refractivity contribution is 0.624. The van der Waals surface area contributed by atoms with Crippen LogP contribution in [0.5, 0.6) is 0 Å². The Kier molecular flexibility index (Phi) is 14.5. The molecule has 96 valence electrons. The molecule has 1 unspecified atom stereocenters. The number of nitrogens with zero attached hydrogens (tertiary/aromatic N) is 1. The van der Waals surface area contributed by atoms with Crippen LogP contribution >= 0.6 is 24.0 Å². The fourth-order valence-electron chi connectivity index (χ4n) is 1.07. The Labute approximate surface area is 117 Å². The van der Waals surface area contributed by atoms with E-state index in [-0.39, 0.29) is 24.0 Å². The molecule has 0 saturated heterocycles. The molecule has 0 radical (unpaired) electrons. The molecule has 0 aliphatic heterocycles. The number of hydrogen-bond donors (Lipinski definition) is 2. The van der Waals surface area contributed by atoms with Crippen molar-refractivity contribution in [2.24, 2.45) is 4.99 Å². The average Bonchev–Trinajstić information content (AvgIpc) is 2.24. The van der Waals surface area contributed by atoms with Gasteiger partial charge in [0.25, 0.3) is 0 Å². The first-order chi connectivity index (χ1) is 7.24. The van der Waals surface area contributed by atoms with Crippen molar-refractivity contribution >= 4 is 29.9 Å². The molecule has 3 nitrogen and oxygen atoms in total. The molecule has 0 aliphatic rings. The summed E-state index contributed by atoms with van der Waals surface area (Å²) in [4.78, 5) is 4.48. The van der Waals surface area contributed by atoms with Gasteiger partial charge in [-0.15, -0.1) is 24.0 Å². The largest absolute Gasteiger partial charge is 0.357 e. The van der Waals surface area contributed by atoms with E-state index in [1.165, 1.54) is 0 Å². The van der Waals surface area contributed by atoms with E-state index in [0.29, 0.717) is 6.04 Å². The third kappa shape index (κ3) is 10.3. The Morgan fingerprint density at radius 1 is 1.38 bits per heavy atom. The predicted octanol–water partition coefficient (Wildman–Crippen LogP) is 2.92. The number of halogens is 1. The maximum atomic E-state index is 4.48. The van der Waals surface area contributed by atoms with Gasteiger partial charge in [0.15, 0.2) is 5.96 Å². The highest BCUT2D eigenvalue weighted by atomic mass is 127. The first-order valence-corrected chi connectivity index (χ1v) is 5.90. The van der Waals surface area contributed by atoms with Crippen molar-refractivity contribution in [1.82, 2.24) is 10.6 Å². The first kappa shape index (κ1) is 18.1. The summed E-state index contributed by atoms with van der Waals surface area (Å²) in [7, 11) is 0. The topological polar surface area (TPSA) is 36.4 Å². The lowest BCUT2D eigenvalue weighted by Gasteiger charge is -2.15. The summed E-state index contributed by atoms with van der Waals surface area (Å²) in [5.74, 6) is 0.927. The molecule has 0 aliphatic carbocycles. The minimum Gasteiger partial charge on any atom is -0.357 e. The molecule has 0 aromatic heterocycles. The van der Waals surface area contributed by atoms with Crippen LogP contribution in [0.3, 0.4) is 0 Å². The van der Waals surface area contributed by atoms with Crippen LogP contribution in [0.2, 0.25) is 0 Å². The number of nitrogens with one attached hydrogen (secondary N) is 2. The monoisotopic (exact) mass is 339 g/mol. The summed E-state index contributed by atoms with van der Waals surface area (Å²) in [5.41, 5.74) is 0. The van der Waals surface area contributed by atoms with Gasteiger partial charge >= 0.3 is 0 Å². The maximum absolute atomic E-state index is 4.48. The molecule has 0 aromatic carbocycles. The predicted molar refractivity (Wildman–Crippen MR) is 83.7 cm³/mol. The second kappa shape index (κ2) is 12.8. The highest BCUT2D eigenvalue weighted by Gasteiger charge is 2.00. The quantitative estimate of drug-likeness (QED) is 0.257. The molecule has 0 bridgehead atoms. The Morgan fingerprint density at radius 3 is 2.56 bits per heavy atom. The molecule has 0 heterocycles. The zero-order valence-corrected chi connectivity index (χ0v) is 13.2. The van der Waals surface area contributed by atoms with Crippen LogP contribution in [-0.4, -0.2) is 25.1 Å². The summed E-state index contributed by atoms with van der Waals surface area (Å²) in [5, 5.41) is 6.60. The number of allylic oxidation sites excluding steroid dienone is 1. The van der Waals surface area contributed by atoms with E-state index in [1.807, 2.05) is 6.92 Å². The van der Waals surface area contributed by atoms with Gasteiger partial charge in [0.2, 0.25) is 0 Å². The molecule has 1 atom stereocenters. The molecule has 0 rings (SSSR count). The van der Waals surface area contributed by atoms with Gasteiger partial charge in [-0.25, -0.2) is 0 Å². The Balaban J connectivity index is 0. The van der Waals surface area contributed by atoms with Crippen molar-refractivity contribution in [2.75, 3.05) is 13.1 Å². The Morgan fingerprint density at radius 2 is 2.06 bits per heavy atom. The van der Waals surface area contributed by atoms with Crippen molar-refractivity contribution in [2.45, 2.75) is 46.6 Å². The highest BCUT2D eigenvalue weighted by Crippen LogP contribution is 1.89. The van der Waals surface area contributed by atoms with Gasteiger partial charge in [-0.05, 0) is 33.6 Å². The van der Waals surface area contributed by atoms with E-state index in [4.69, 9.17) is 0 Å². The van der Waals surface area contributed by atoms with Crippen LogP contribution in [0.25, 0.3) is 0 Å². The molecule has 0 amide bonds. The Hall–Kier alpha value is -0.260. The normalized spacial score (nSPS) is 13.4. The molecular weight excluding hydrogens is 313 g/mol. The molecule has 2 N–H and O–H groups in total. The van der Waals surface area contributed by atoms with Gasteiger partial charge in [-0.2, -0.15) is 0 Å². The molecule has 4 heteroatoms. The number of aliphatic imine (C=N–C) groups is 1. The van der Waals surface area contributed by atoms with E-state index in [9.17, 15) is 0 Å². The van der Waals surface area contributed by atoms with Gasteiger partial charge in [-0.3, -0.25) is 4.99 Å². The van der Waals surface area contributed by atoms with Crippen LogP contribution in [-0.2, 0) is 0 Å². The van der Waals surface area contributed by atoms with Crippen molar-refractivity contribution in [3.05, 3.63) is 12.2 Å². The summed E-state index contributed by atoms with van der Waals surface area (Å²) < 4.78 is 0. The van der Waals surface area contributed by atoms with Gasteiger partial charge < -0.3 is 10.6 Å². The molecular formula is C12H26IN3. The molecule has 0 saturated carbocycles. The SMILES string of the molecule is C/C=C/CCN=C(NCC)NC(C)CC.I. The van der Waals surface area contributed by atoms with Crippen molar-refractivity contribution in [3.8, 4) is 0 Å². The zero-order chi connectivity index (χ0) is 11.5. The number of hydrogen-bond acceptors (Lipinski definition) is 1. The van der Waals surface area contributed by atoms with E-state index < -0.39 is 0 Å². The van der Waals surface area contributed by atoms with Crippen LogP contribution < -0.4 is 10.6 Å². The third-order valence-electron chi connectivity index (χ3n) is 2.14. The van der Waals surface area contributed by atoms with Gasteiger partial charge in [-0.1, -0.05) is 19.1 Å². The zero-order valence-electron chi connectivity index (χ0n) is 10.9. The molecule has 0 spiro atoms. The van der Waals surface area contributed by atoms with Crippen molar-refractivity contribution in [1.29, 1.82) is 0 Å². The minimum atomic E-state index is 0. The highest BCUT2D eigenvalue weighted by molar-refractivity contribution is 14.0. The van der Waals surface area contributed by atoms with Gasteiger partial charge in [0.05, 0.1) is 0 Å². The van der Waals surface area contributed by atoms with Crippen LogP contribution in [0.15, 0.2) is 17.1 Å². The molecule has 16 heavy (non-hydrogen) atoms. The second-order valence-corrected chi connectivity index (χ2v) is 3.57. The standard InChI is InChI=1S/C12H25N3.HI/c1-5-8-9-10-14-12(13-7-3)15-11(4)6-2;/h5,8,11H,6-7,9-10H2,1-4H3,(H2,13,14,15);1H/b8-5+;. The van der Waals surface area contributed by atoms with E-state index in [1.54, 1.807) is 0 Å². The van der Waals surface area contributed by atoms with E-state index in [0.717, 1.165) is 31.9 Å². The lowest BCUT2D eigenvalue weighted by Crippen LogP contribution is -2.42. The first-order valence-electron chi connectivity index (χ1n) is 5.90. The lowest BCUT2D eigenvalue weighted by atomic mass is 10.3. The summed E-state index contributed by atoms with van der Waals surface area (Å²) in [6.07, 6.45) is 6.31. The van der Waals surface area contributed by atoms with Crippen LogP contribution in [0, 0.1) is 0 Å². The van der Waals surface area contributed by atoms with E-state index in [2.05, 4.69) is 48.5 Å². The summed E-state index contributed by atoms with van der Waals surface area (Å²) in [6.45, 7) is 10.2. The maximum Gasteiger partial charge on any atom is 0.191 e. The number of rotatable bonds is 6. The van der Waals surface area contributed by atoms with Crippen molar-refractivity contribution in [3.63, 3.8) is 0 Å². The smallest absolute Gasteiger partial charge is 0.191 e. The van der Waals surface area contributed by atoms with E-state index >= 15 is 0 Å². The number of guanidine groups is 1. The minimum absolute atomic E-state index is 0. The fourth-order valence-corrected chi connectivity index (χ4v) is 1.07. The summed E-state index contributed by atoms with van der Waals surface area (Å²) in [6, 6.07) is 0.476. The van der Waals surface area contributed by atoms with Crippen molar-refractivity contribution < 1.29 is 0 Å². The summed E-state index contributed by atoms with van der Waals surface area (Å²) >= 11 is 0. The second-order valence-electron chi connectivity index (χ2n) is 3.57. The fraction of sp³-hybridized carbons (Fsp3) is 0.750. The Bertz CT molecular complexity index is 202. The third-order valence-corrected chi connectivity index (χ3v) is 2.14. The van der Waals surface area contributed by atoms with Crippen LogP contribution in [0.4, 0.5) is 0 Å².